The maximum atomic E-state index is 12.8. The monoisotopic (exact) mass is 479 g/mol. The van der Waals surface area contributed by atoms with Crippen molar-refractivity contribution >= 4 is 17.1 Å². The number of allylic oxidation sites excluding steroid dienone is 2. The van der Waals surface area contributed by atoms with Crippen LogP contribution in [0.4, 0.5) is 0 Å². The number of aromatic nitrogens is 7. The molecule has 0 atom stereocenters. The van der Waals surface area contributed by atoms with Gasteiger partial charge < -0.3 is 9.55 Å². The summed E-state index contributed by atoms with van der Waals surface area (Å²) in [5, 5.41) is 5.08. The summed E-state index contributed by atoms with van der Waals surface area (Å²) in [4.78, 5) is 35.5. The van der Waals surface area contributed by atoms with Gasteiger partial charge in [-0.05, 0) is 37.5 Å². The Morgan fingerprint density at radius 2 is 1.89 bits per heavy atom. The van der Waals surface area contributed by atoms with Crippen molar-refractivity contribution in [3.63, 3.8) is 0 Å². The smallest absolute Gasteiger partial charge is 0.330 e. The third-order valence-electron chi connectivity index (χ3n) is 4.91. The molecule has 4 aromatic heterocycles. The van der Waals surface area contributed by atoms with Crippen LogP contribution in [-0.4, -0.2) is 33.9 Å². The fraction of sp³-hybridized carbons (Fsp3) is 0.385. The van der Waals surface area contributed by atoms with E-state index in [1.807, 2.05) is 83.8 Å². The third kappa shape index (κ3) is 6.17. The van der Waals surface area contributed by atoms with E-state index in [9.17, 15) is 9.59 Å². The lowest BCUT2D eigenvalue weighted by atomic mass is 10.2. The van der Waals surface area contributed by atoms with Gasteiger partial charge in [0.05, 0.1) is 6.54 Å². The minimum absolute atomic E-state index is 0.214. The van der Waals surface area contributed by atoms with Crippen molar-refractivity contribution < 1.29 is 0 Å². The zero-order valence-electron chi connectivity index (χ0n) is 21.8. The summed E-state index contributed by atoms with van der Waals surface area (Å²) in [5.41, 5.74) is 2.04. The van der Waals surface area contributed by atoms with Crippen LogP contribution in [0.3, 0.4) is 0 Å². The number of nitrogens with zero attached hydrogens (tertiary/aromatic N) is 5. The van der Waals surface area contributed by atoms with Gasteiger partial charge in [-0.25, -0.2) is 9.78 Å². The third-order valence-corrected chi connectivity index (χ3v) is 4.91. The number of aromatic amines is 2. The Labute approximate surface area is 205 Å². The van der Waals surface area contributed by atoms with Crippen LogP contribution in [0.15, 0.2) is 53.0 Å². The van der Waals surface area contributed by atoms with E-state index in [0.29, 0.717) is 35.6 Å². The number of hydrogen-bond donors (Lipinski definition) is 2. The summed E-state index contributed by atoms with van der Waals surface area (Å²) in [7, 11) is 1.87. The number of imidazole rings is 1. The maximum absolute atomic E-state index is 12.8. The first-order chi connectivity index (χ1) is 16.8. The van der Waals surface area contributed by atoms with E-state index in [-0.39, 0.29) is 5.92 Å². The van der Waals surface area contributed by atoms with E-state index in [0.717, 1.165) is 11.3 Å². The van der Waals surface area contributed by atoms with Gasteiger partial charge in [0.2, 0.25) is 0 Å². The highest BCUT2D eigenvalue weighted by Crippen LogP contribution is 2.25. The Kier molecular flexibility index (Phi) is 9.81. The number of nitrogens with one attached hydrogen (secondary N) is 2. The summed E-state index contributed by atoms with van der Waals surface area (Å²) in [6.45, 7) is 16.1. The van der Waals surface area contributed by atoms with Gasteiger partial charge in [-0.3, -0.25) is 19.0 Å². The van der Waals surface area contributed by atoms with Crippen LogP contribution in [0, 0.1) is 5.92 Å². The summed E-state index contributed by atoms with van der Waals surface area (Å²) < 4.78 is 5.13. The van der Waals surface area contributed by atoms with Gasteiger partial charge in [0.15, 0.2) is 11.5 Å². The highest BCUT2D eigenvalue weighted by Gasteiger charge is 2.23. The number of rotatable bonds is 6. The van der Waals surface area contributed by atoms with Gasteiger partial charge in [-0.15, -0.1) is 6.58 Å². The minimum atomic E-state index is -0.456. The molecule has 0 unspecified atom stereocenters. The average Bonchev–Trinajstić information content (AvgIpc) is 3.52. The Morgan fingerprint density at radius 3 is 2.46 bits per heavy atom. The fourth-order valence-corrected chi connectivity index (χ4v) is 3.64. The molecular formula is C26H37N7O2. The number of fused-ring (bicyclic) bond motifs is 1. The highest BCUT2D eigenvalue weighted by atomic mass is 16.2. The number of hydrogen-bond acceptors (Lipinski definition) is 4. The molecule has 0 saturated heterocycles. The predicted molar refractivity (Wildman–Crippen MR) is 143 cm³/mol. The van der Waals surface area contributed by atoms with E-state index in [2.05, 4.69) is 21.5 Å². The summed E-state index contributed by atoms with van der Waals surface area (Å²) in [6.07, 6.45) is 11.1. The second-order valence-corrected chi connectivity index (χ2v) is 8.20. The molecule has 0 fully saturated rings. The van der Waals surface area contributed by atoms with Crippen LogP contribution in [0.2, 0.25) is 0 Å². The van der Waals surface area contributed by atoms with E-state index < -0.39 is 11.2 Å². The van der Waals surface area contributed by atoms with Gasteiger partial charge in [0.25, 0.3) is 5.56 Å². The fourth-order valence-electron chi connectivity index (χ4n) is 3.64. The number of H-pyrrole nitrogens is 2. The quantitative estimate of drug-likeness (QED) is 0.395. The topological polar surface area (TPSA) is 106 Å². The molecule has 0 bridgehead atoms. The summed E-state index contributed by atoms with van der Waals surface area (Å²) >= 11 is 0. The standard InChI is InChI=1S/C21H25N7O2.C3H6.C2H6/c1-5-6-15-9-14(10-23-15)12-28-17(19-22-7-8-26(19)4)16-18(25-28)27(11-13(2)3)21(30)24-20(16)29;1-3-2;1-2/h5-10,13,23H,11-12H2,1-4H3,(H,24,29,30);3H,1H2,2H3;1-2H3/b6-5-;;. The van der Waals surface area contributed by atoms with Crippen LogP contribution in [0.1, 0.15) is 52.8 Å². The lowest BCUT2D eigenvalue weighted by Gasteiger charge is -2.08. The van der Waals surface area contributed by atoms with Crippen LogP contribution in [0.5, 0.6) is 0 Å². The minimum Gasteiger partial charge on any atom is -0.361 e. The Morgan fingerprint density at radius 1 is 1.20 bits per heavy atom. The van der Waals surface area contributed by atoms with Crippen molar-refractivity contribution in [2.45, 2.75) is 54.6 Å². The second-order valence-electron chi connectivity index (χ2n) is 8.20. The average molecular weight is 480 g/mol. The molecule has 0 amide bonds. The largest absolute Gasteiger partial charge is 0.361 e. The summed E-state index contributed by atoms with van der Waals surface area (Å²) in [5.74, 6) is 0.827. The van der Waals surface area contributed by atoms with Crippen LogP contribution < -0.4 is 11.2 Å². The predicted octanol–water partition coefficient (Wildman–Crippen LogP) is 4.57. The summed E-state index contributed by atoms with van der Waals surface area (Å²) in [6, 6.07) is 2.03. The maximum Gasteiger partial charge on any atom is 0.330 e. The van der Waals surface area contributed by atoms with Gasteiger partial charge >= 0.3 is 5.69 Å². The Balaban J connectivity index is 0.000000803. The van der Waals surface area contributed by atoms with Crippen molar-refractivity contribution in [1.29, 1.82) is 0 Å². The van der Waals surface area contributed by atoms with Crippen LogP contribution in [-0.2, 0) is 20.1 Å². The Bertz CT molecular complexity index is 1390. The van der Waals surface area contributed by atoms with Gasteiger partial charge in [-0.1, -0.05) is 39.8 Å². The molecule has 4 rings (SSSR count). The molecule has 2 N–H and O–H groups in total. The highest BCUT2D eigenvalue weighted by molar-refractivity contribution is 5.89. The van der Waals surface area contributed by atoms with Crippen LogP contribution in [0.25, 0.3) is 28.6 Å². The van der Waals surface area contributed by atoms with Crippen molar-refractivity contribution in [3.05, 3.63) is 75.5 Å². The van der Waals surface area contributed by atoms with Gasteiger partial charge in [0.1, 0.15) is 11.1 Å². The van der Waals surface area contributed by atoms with Crippen molar-refractivity contribution in [3.8, 4) is 11.5 Å². The lowest BCUT2D eigenvalue weighted by Crippen LogP contribution is -2.31. The molecule has 0 aromatic carbocycles. The first kappa shape index (κ1) is 27.4. The van der Waals surface area contributed by atoms with Crippen LogP contribution >= 0.6 is 0 Å². The molecule has 9 nitrogen and oxygen atoms in total. The molecule has 188 valence electrons. The molecular weight excluding hydrogens is 442 g/mol. The molecule has 0 saturated carbocycles. The van der Waals surface area contributed by atoms with E-state index in [4.69, 9.17) is 5.10 Å². The van der Waals surface area contributed by atoms with E-state index in [1.54, 1.807) is 17.0 Å². The number of aryl methyl sites for hydroxylation is 1. The molecule has 0 spiro atoms. The second kappa shape index (κ2) is 12.5. The molecule has 9 heteroatoms. The van der Waals surface area contributed by atoms with E-state index >= 15 is 0 Å². The van der Waals surface area contributed by atoms with Gasteiger partial charge in [0, 0.05) is 37.9 Å². The zero-order chi connectivity index (χ0) is 26.1. The SMILES string of the molecule is C/C=C\c1cc(Cn2nc3c(c2-c2nccn2C)c(=O)[nH]c(=O)n3CC(C)C)c[nH]1.C=CC.CC. The molecule has 0 aliphatic heterocycles. The van der Waals surface area contributed by atoms with Crippen molar-refractivity contribution in [1.82, 2.24) is 33.9 Å². The molecule has 35 heavy (non-hydrogen) atoms. The Hall–Kier alpha value is -3.88. The molecule has 0 aliphatic rings. The van der Waals surface area contributed by atoms with Crippen molar-refractivity contribution in [2.75, 3.05) is 0 Å². The first-order valence-electron chi connectivity index (χ1n) is 11.9. The first-order valence-corrected chi connectivity index (χ1v) is 11.9. The zero-order valence-corrected chi connectivity index (χ0v) is 21.8. The molecule has 0 radical (unpaired) electrons. The van der Waals surface area contributed by atoms with E-state index in [1.165, 1.54) is 4.57 Å². The molecule has 4 heterocycles. The normalized spacial score (nSPS) is 10.9. The van der Waals surface area contributed by atoms with Crippen molar-refractivity contribution in [2.24, 2.45) is 13.0 Å². The molecule has 4 aromatic rings. The lowest BCUT2D eigenvalue weighted by molar-refractivity contribution is 0.510. The van der Waals surface area contributed by atoms with Gasteiger partial charge in [-0.2, -0.15) is 5.10 Å². The molecule has 0 aliphatic carbocycles.